The number of amides is 1. The molecule has 0 fully saturated rings. The molecule has 0 radical (unpaired) electrons. The molecule has 0 unspecified atom stereocenters. The summed E-state index contributed by atoms with van der Waals surface area (Å²) in [6.07, 6.45) is 0. The van der Waals surface area contributed by atoms with Crippen LogP contribution in [0.15, 0.2) is 42.5 Å². The highest BCUT2D eigenvalue weighted by Gasteiger charge is 2.06. The van der Waals surface area contributed by atoms with Crippen LogP contribution in [0.2, 0.25) is 5.02 Å². The summed E-state index contributed by atoms with van der Waals surface area (Å²) in [5.74, 6) is -1.24. The van der Waals surface area contributed by atoms with E-state index in [1.807, 2.05) is 0 Å². The van der Waals surface area contributed by atoms with Crippen LogP contribution >= 0.6 is 11.6 Å². The Morgan fingerprint density at radius 2 is 1.85 bits per heavy atom. The lowest BCUT2D eigenvalue weighted by atomic mass is 10.3. The van der Waals surface area contributed by atoms with Gasteiger partial charge in [-0.25, -0.2) is 8.78 Å². The molecule has 0 bridgehead atoms. The Hall–Kier alpha value is -2.14. The van der Waals surface area contributed by atoms with Crippen molar-refractivity contribution in [1.29, 1.82) is 0 Å². The Balaban J connectivity index is 1.92. The van der Waals surface area contributed by atoms with Crippen LogP contribution < -0.4 is 10.6 Å². The third kappa shape index (κ3) is 3.93. The van der Waals surface area contributed by atoms with E-state index < -0.39 is 11.6 Å². The summed E-state index contributed by atoms with van der Waals surface area (Å²) in [7, 11) is 0. The molecular weight excluding hydrogens is 286 g/mol. The van der Waals surface area contributed by atoms with Crippen LogP contribution in [0.3, 0.4) is 0 Å². The van der Waals surface area contributed by atoms with Gasteiger partial charge in [-0.3, -0.25) is 4.79 Å². The van der Waals surface area contributed by atoms with Crippen molar-refractivity contribution >= 4 is 28.9 Å². The first-order chi connectivity index (χ1) is 9.54. The van der Waals surface area contributed by atoms with Gasteiger partial charge >= 0.3 is 0 Å². The molecule has 2 N–H and O–H groups in total. The highest BCUT2D eigenvalue weighted by Crippen LogP contribution is 2.22. The Labute approximate surface area is 119 Å². The highest BCUT2D eigenvalue weighted by molar-refractivity contribution is 6.33. The van der Waals surface area contributed by atoms with Gasteiger partial charge in [-0.05, 0) is 36.4 Å². The Morgan fingerprint density at radius 1 is 1.10 bits per heavy atom. The largest absolute Gasteiger partial charge is 0.376 e. The zero-order valence-corrected chi connectivity index (χ0v) is 11.0. The molecule has 104 valence electrons. The number of carbonyl (C=O) groups is 1. The summed E-state index contributed by atoms with van der Waals surface area (Å²) >= 11 is 5.79. The maximum atomic E-state index is 12.9. The van der Waals surface area contributed by atoms with Gasteiger partial charge in [-0.1, -0.05) is 17.7 Å². The topological polar surface area (TPSA) is 41.1 Å². The SMILES string of the molecule is O=C(CNc1cccc(F)c1)Nc1ccc(F)cc1Cl. The molecule has 20 heavy (non-hydrogen) atoms. The lowest BCUT2D eigenvalue weighted by Crippen LogP contribution is -2.21. The van der Waals surface area contributed by atoms with Crippen LogP contribution in [0.1, 0.15) is 0 Å². The van der Waals surface area contributed by atoms with E-state index in [9.17, 15) is 13.6 Å². The zero-order valence-electron chi connectivity index (χ0n) is 10.3. The molecule has 0 saturated carbocycles. The highest BCUT2D eigenvalue weighted by atomic mass is 35.5. The van der Waals surface area contributed by atoms with Gasteiger partial charge in [-0.15, -0.1) is 0 Å². The number of hydrogen-bond acceptors (Lipinski definition) is 2. The lowest BCUT2D eigenvalue weighted by molar-refractivity contribution is -0.114. The first kappa shape index (κ1) is 14.3. The molecule has 0 aliphatic carbocycles. The molecule has 0 aromatic heterocycles. The molecule has 0 saturated heterocycles. The summed E-state index contributed by atoms with van der Waals surface area (Å²) in [6.45, 7) is -0.0584. The van der Waals surface area contributed by atoms with Crippen molar-refractivity contribution in [3.8, 4) is 0 Å². The van der Waals surface area contributed by atoms with Crippen molar-refractivity contribution in [3.05, 3.63) is 59.1 Å². The molecule has 0 aliphatic rings. The smallest absolute Gasteiger partial charge is 0.243 e. The van der Waals surface area contributed by atoms with Crippen LogP contribution in [0.25, 0.3) is 0 Å². The minimum atomic E-state index is -0.481. The molecule has 0 heterocycles. The number of carbonyl (C=O) groups excluding carboxylic acids is 1. The minimum absolute atomic E-state index is 0.0584. The van der Waals surface area contributed by atoms with Gasteiger partial charge in [0.1, 0.15) is 11.6 Å². The second-order valence-electron chi connectivity index (χ2n) is 4.04. The van der Waals surface area contributed by atoms with Gasteiger partial charge in [0.15, 0.2) is 0 Å². The van der Waals surface area contributed by atoms with Crippen molar-refractivity contribution in [3.63, 3.8) is 0 Å². The van der Waals surface area contributed by atoms with Crippen LogP contribution in [-0.4, -0.2) is 12.5 Å². The maximum Gasteiger partial charge on any atom is 0.243 e. The monoisotopic (exact) mass is 296 g/mol. The number of nitrogens with one attached hydrogen (secondary N) is 2. The summed E-state index contributed by atoms with van der Waals surface area (Å²) in [6, 6.07) is 9.44. The predicted molar refractivity (Wildman–Crippen MR) is 74.9 cm³/mol. The summed E-state index contributed by atoms with van der Waals surface area (Å²) < 4.78 is 25.8. The molecule has 2 aromatic carbocycles. The number of benzene rings is 2. The first-order valence-electron chi connectivity index (χ1n) is 5.79. The fraction of sp³-hybridized carbons (Fsp3) is 0.0714. The number of anilines is 2. The summed E-state index contributed by atoms with van der Waals surface area (Å²) in [4.78, 5) is 11.7. The summed E-state index contributed by atoms with van der Waals surface area (Å²) in [5, 5.41) is 5.41. The van der Waals surface area contributed by atoms with Crippen molar-refractivity contribution in [1.82, 2.24) is 0 Å². The zero-order chi connectivity index (χ0) is 14.5. The third-order valence-corrected chi connectivity index (χ3v) is 2.80. The summed E-state index contributed by atoms with van der Waals surface area (Å²) in [5.41, 5.74) is 0.810. The first-order valence-corrected chi connectivity index (χ1v) is 6.17. The quantitative estimate of drug-likeness (QED) is 0.904. The minimum Gasteiger partial charge on any atom is -0.376 e. The van der Waals surface area contributed by atoms with E-state index in [4.69, 9.17) is 11.6 Å². The van der Waals surface area contributed by atoms with E-state index >= 15 is 0 Å². The van der Waals surface area contributed by atoms with Crippen molar-refractivity contribution < 1.29 is 13.6 Å². The molecule has 0 spiro atoms. The molecule has 0 aliphatic heterocycles. The van der Waals surface area contributed by atoms with Crippen LogP contribution in [0, 0.1) is 11.6 Å². The average Bonchev–Trinajstić information content (AvgIpc) is 2.40. The Morgan fingerprint density at radius 3 is 2.55 bits per heavy atom. The predicted octanol–water partition coefficient (Wildman–Crippen LogP) is 3.67. The van der Waals surface area contributed by atoms with E-state index in [2.05, 4.69) is 10.6 Å². The fourth-order valence-corrected chi connectivity index (χ4v) is 1.78. The van der Waals surface area contributed by atoms with Gasteiger partial charge in [0.2, 0.25) is 5.91 Å². The van der Waals surface area contributed by atoms with Crippen LogP contribution in [0.4, 0.5) is 20.2 Å². The fourth-order valence-electron chi connectivity index (χ4n) is 1.57. The van der Waals surface area contributed by atoms with Gasteiger partial charge in [0.25, 0.3) is 0 Å². The van der Waals surface area contributed by atoms with E-state index in [-0.39, 0.29) is 17.5 Å². The van der Waals surface area contributed by atoms with Gasteiger partial charge in [0, 0.05) is 5.69 Å². The number of halogens is 3. The second-order valence-corrected chi connectivity index (χ2v) is 4.44. The molecule has 1 amide bonds. The van der Waals surface area contributed by atoms with E-state index in [0.29, 0.717) is 11.4 Å². The molecule has 2 aromatic rings. The van der Waals surface area contributed by atoms with Gasteiger partial charge in [0.05, 0.1) is 17.3 Å². The molecule has 6 heteroatoms. The third-order valence-electron chi connectivity index (χ3n) is 2.48. The molecule has 2 rings (SSSR count). The van der Waals surface area contributed by atoms with Gasteiger partial charge < -0.3 is 10.6 Å². The number of rotatable bonds is 4. The van der Waals surface area contributed by atoms with E-state index in [0.717, 1.165) is 6.07 Å². The Bertz CT molecular complexity index is 634. The van der Waals surface area contributed by atoms with Crippen molar-refractivity contribution in [2.45, 2.75) is 0 Å². The molecule has 3 nitrogen and oxygen atoms in total. The molecule has 0 atom stereocenters. The maximum absolute atomic E-state index is 12.9. The van der Waals surface area contributed by atoms with Crippen LogP contribution in [-0.2, 0) is 4.79 Å². The molecular formula is C14H11ClF2N2O. The van der Waals surface area contributed by atoms with Crippen LogP contribution in [0.5, 0.6) is 0 Å². The normalized spacial score (nSPS) is 10.2. The number of hydrogen-bond donors (Lipinski definition) is 2. The van der Waals surface area contributed by atoms with Crippen molar-refractivity contribution in [2.24, 2.45) is 0 Å². The second kappa shape index (κ2) is 6.34. The average molecular weight is 297 g/mol. The van der Waals surface area contributed by atoms with Crippen molar-refractivity contribution in [2.75, 3.05) is 17.2 Å². The van der Waals surface area contributed by atoms with E-state index in [1.165, 1.54) is 30.3 Å². The Kier molecular flexibility index (Phi) is 4.53. The standard InChI is InChI=1S/C14H11ClF2N2O/c15-12-7-10(17)4-5-13(12)19-14(20)8-18-11-3-1-2-9(16)6-11/h1-7,18H,8H2,(H,19,20). The van der Waals surface area contributed by atoms with Gasteiger partial charge in [-0.2, -0.15) is 0 Å². The van der Waals surface area contributed by atoms with E-state index in [1.54, 1.807) is 6.07 Å². The lowest BCUT2D eigenvalue weighted by Gasteiger charge is -2.09.